The monoisotopic (exact) mass is 381 g/mol. The van der Waals surface area contributed by atoms with Crippen molar-refractivity contribution in [2.45, 2.75) is 24.0 Å². The minimum atomic E-state index is -3.55. The molecule has 4 N–H and O–H groups in total. The molecule has 0 aliphatic rings. The Bertz CT molecular complexity index is 1220. The molecule has 2 heterocycles. The summed E-state index contributed by atoms with van der Waals surface area (Å²) >= 11 is 0. The highest BCUT2D eigenvalue weighted by molar-refractivity contribution is 7.92. The third-order valence-corrected chi connectivity index (χ3v) is 6.68. The van der Waals surface area contributed by atoms with Gasteiger partial charge in [0.2, 0.25) is 0 Å². The Morgan fingerprint density at radius 1 is 1.07 bits per heavy atom. The van der Waals surface area contributed by atoms with Crippen molar-refractivity contribution in [3.63, 3.8) is 0 Å². The average molecular weight is 381 g/mol. The van der Waals surface area contributed by atoms with E-state index in [0.717, 1.165) is 22.4 Å². The highest BCUT2D eigenvalue weighted by Crippen LogP contribution is 2.35. The molecule has 4 aromatic rings. The molecule has 0 saturated heterocycles. The van der Waals surface area contributed by atoms with E-state index in [1.807, 2.05) is 36.4 Å². The second-order valence-electron chi connectivity index (χ2n) is 6.61. The third-order valence-electron chi connectivity index (χ3n) is 4.51. The number of rotatable bonds is 4. The first-order valence-electron chi connectivity index (χ1n) is 8.50. The number of imidazole rings is 1. The van der Waals surface area contributed by atoms with Crippen molar-refractivity contribution in [2.75, 3.05) is 5.73 Å². The van der Waals surface area contributed by atoms with Gasteiger partial charge in [0.15, 0.2) is 15.8 Å². The number of aromatic amines is 2. The number of aromatic nitrogens is 4. The van der Waals surface area contributed by atoms with Crippen LogP contribution in [0, 0.1) is 0 Å². The summed E-state index contributed by atoms with van der Waals surface area (Å²) in [5.41, 5.74) is 10.0. The molecule has 2 aromatic heterocycles. The molecule has 0 spiro atoms. The van der Waals surface area contributed by atoms with E-state index >= 15 is 0 Å². The molecular formula is C19H19N5O2S. The minimum Gasteiger partial charge on any atom is -0.369 e. The Kier molecular flexibility index (Phi) is 4.00. The van der Waals surface area contributed by atoms with Gasteiger partial charge < -0.3 is 10.7 Å². The lowest BCUT2D eigenvalue weighted by Gasteiger charge is -2.11. The maximum Gasteiger partial charge on any atom is 0.198 e. The van der Waals surface area contributed by atoms with Gasteiger partial charge >= 0.3 is 0 Å². The van der Waals surface area contributed by atoms with Crippen LogP contribution in [0.1, 0.15) is 13.8 Å². The molecule has 7 nitrogen and oxygen atoms in total. The molecule has 0 amide bonds. The Morgan fingerprint density at radius 3 is 2.52 bits per heavy atom. The fraction of sp³-hybridized carbons (Fsp3) is 0.158. The van der Waals surface area contributed by atoms with Gasteiger partial charge in [-0.15, -0.1) is 0 Å². The summed E-state index contributed by atoms with van der Waals surface area (Å²) in [5, 5.41) is 6.59. The Morgan fingerprint density at radius 2 is 1.81 bits per heavy atom. The molecule has 0 saturated carbocycles. The number of nitrogens with one attached hydrogen (secondary N) is 2. The lowest BCUT2D eigenvalue weighted by atomic mass is 10.0. The van der Waals surface area contributed by atoms with E-state index in [2.05, 4.69) is 20.2 Å². The van der Waals surface area contributed by atoms with Crippen LogP contribution >= 0.6 is 0 Å². The summed E-state index contributed by atoms with van der Waals surface area (Å²) in [6.07, 6.45) is 1.69. The quantitative estimate of drug-likeness (QED) is 0.501. The number of sulfone groups is 1. The van der Waals surface area contributed by atoms with Crippen LogP contribution in [-0.4, -0.2) is 33.8 Å². The van der Waals surface area contributed by atoms with E-state index < -0.39 is 15.1 Å². The van der Waals surface area contributed by atoms with E-state index in [1.54, 1.807) is 26.1 Å². The van der Waals surface area contributed by atoms with Gasteiger partial charge in [0.25, 0.3) is 0 Å². The van der Waals surface area contributed by atoms with Crippen LogP contribution < -0.4 is 5.73 Å². The van der Waals surface area contributed by atoms with Gasteiger partial charge in [-0.3, -0.25) is 5.10 Å². The fourth-order valence-corrected chi connectivity index (χ4v) is 4.29. The zero-order valence-corrected chi connectivity index (χ0v) is 15.7. The number of nitrogen functional groups attached to an aromatic ring is 1. The molecule has 0 aliphatic carbocycles. The summed E-state index contributed by atoms with van der Waals surface area (Å²) in [7, 11) is -3.55. The second kappa shape index (κ2) is 6.24. The number of nitrogens with two attached hydrogens (primary N) is 1. The second-order valence-corrected chi connectivity index (χ2v) is 9.08. The number of benzene rings is 2. The maximum absolute atomic E-state index is 12.9. The fourth-order valence-electron chi connectivity index (χ4n) is 3.06. The topological polar surface area (TPSA) is 118 Å². The highest BCUT2D eigenvalue weighted by atomic mass is 32.2. The molecule has 0 unspecified atom stereocenters. The van der Waals surface area contributed by atoms with E-state index in [0.29, 0.717) is 11.0 Å². The van der Waals surface area contributed by atoms with E-state index in [1.165, 1.54) is 0 Å². The SMILES string of the molecule is CC(C)S(=O)(=O)c1cc(-c2cn[nH]c2-c2ccccc2)cc2[nH]c(N)nc12. The van der Waals surface area contributed by atoms with Crippen LogP contribution in [0.5, 0.6) is 0 Å². The van der Waals surface area contributed by atoms with E-state index in [4.69, 9.17) is 5.73 Å². The highest BCUT2D eigenvalue weighted by Gasteiger charge is 2.25. The van der Waals surface area contributed by atoms with Gasteiger partial charge in [0.1, 0.15) is 5.52 Å². The average Bonchev–Trinajstić information content (AvgIpc) is 3.26. The molecule has 138 valence electrons. The predicted octanol–water partition coefficient (Wildman–Crippen LogP) is 3.38. The lowest BCUT2D eigenvalue weighted by molar-refractivity contribution is 0.588. The first kappa shape index (κ1) is 17.3. The Labute approximate surface area is 156 Å². The van der Waals surface area contributed by atoms with Crippen molar-refractivity contribution in [3.05, 3.63) is 48.7 Å². The van der Waals surface area contributed by atoms with Crippen LogP contribution in [0.4, 0.5) is 5.95 Å². The predicted molar refractivity (Wildman–Crippen MR) is 106 cm³/mol. The standard InChI is InChI=1S/C19H19N5O2S/c1-11(2)27(25,26)16-9-13(8-15-18(16)23-19(20)22-15)14-10-21-24-17(14)12-6-4-3-5-7-12/h3-11H,1-2H3,(H,21,24)(H3,20,22,23). The Balaban J connectivity index is 1.99. The van der Waals surface area contributed by atoms with Crippen molar-refractivity contribution in [3.8, 4) is 22.4 Å². The largest absolute Gasteiger partial charge is 0.369 e. The number of fused-ring (bicyclic) bond motifs is 1. The third kappa shape index (κ3) is 2.87. The molecule has 27 heavy (non-hydrogen) atoms. The van der Waals surface area contributed by atoms with Crippen molar-refractivity contribution >= 4 is 26.8 Å². The number of H-pyrrole nitrogens is 2. The van der Waals surface area contributed by atoms with E-state index in [-0.39, 0.29) is 10.8 Å². The van der Waals surface area contributed by atoms with Crippen molar-refractivity contribution in [2.24, 2.45) is 0 Å². The molecule has 0 atom stereocenters. The first-order valence-corrected chi connectivity index (χ1v) is 10.0. The molecule has 2 aromatic carbocycles. The van der Waals surface area contributed by atoms with Crippen LogP contribution in [0.2, 0.25) is 0 Å². The zero-order valence-electron chi connectivity index (χ0n) is 14.9. The minimum absolute atomic E-state index is 0.165. The van der Waals surface area contributed by atoms with Crippen molar-refractivity contribution in [1.82, 2.24) is 20.2 Å². The maximum atomic E-state index is 12.9. The summed E-state index contributed by atoms with van der Waals surface area (Å²) < 4.78 is 25.8. The molecule has 0 aliphatic heterocycles. The molecule has 0 fully saturated rings. The number of hydrogen-bond donors (Lipinski definition) is 3. The van der Waals surface area contributed by atoms with Gasteiger partial charge in [0.05, 0.1) is 27.6 Å². The zero-order chi connectivity index (χ0) is 19.2. The van der Waals surface area contributed by atoms with Crippen LogP contribution in [-0.2, 0) is 9.84 Å². The first-order chi connectivity index (χ1) is 12.9. The van der Waals surface area contributed by atoms with Crippen LogP contribution in [0.15, 0.2) is 53.6 Å². The van der Waals surface area contributed by atoms with Crippen molar-refractivity contribution in [1.29, 1.82) is 0 Å². The smallest absolute Gasteiger partial charge is 0.198 e. The molecule has 4 rings (SSSR count). The molecule has 0 bridgehead atoms. The summed E-state index contributed by atoms with van der Waals surface area (Å²) in [6.45, 7) is 3.30. The van der Waals surface area contributed by atoms with Crippen LogP contribution in [0.25, 0.3) is 33.4 Å². The van der Waals surface area contributed by atoms with Gasteiger partial charge in [-0.1, -0.05) is 30.3 Å². The summed E-state index contributed by atoms with van der Waals surface area (Å²) in [4.78, 5) is 7.29. The Hall–Kier alpha value is -3.13. The molecule has 8 heteroatoms. The molecule has 0 radical (unpaired) electrons. The number of nitrogens with zero attached hydrogens (tertiary/aromatic N) is 2. The summed E-state index contributed by atoms with van der Waals surface area (Å²) in [6, 6.07) is 13.2. The van der Waals surface area contributed by atoms with Gasteiger partial charge in [-0.05, 0) is 31.5 Å². The lowest BCUT2D eigenvalue weighted by Crippen LogP contribution is -2.14. The normalized spacial score (nSPS) is 12.1. The van der Waals surface area contributed by atoms with Crippen LogP contribution in [0.3, 0.4) is 0 Å². The van der Waals surface area contributed by atoms with E-state index in [9.17, 15) is 8.42 Å². The molecular weight excluding hydrogens is 362 g/mol. The number of anilines is 1. The van der Waals surface area contributed by atoms with Gasteiger partial charge in [-0.25, -0.2) is 13.4 Å². The number of hydrogen-bond acceptors (Lipinski definition) is 5. The van der Waals surface area contributed by atoms with Crippen molar-refractivity contribution < 1.29 is 8.42 Å². The van der Waals surface area contributed by atoms with Gasteiger partial charge in [0, 0.05) is 11.1 Å². The summed E-state index contributed by atoms with van der Waals surface area (Å²) in [5.74, 6) is 0.179. The van der Waals surface area contributed by atoms with Gasteiger partial charge in [-0.2, -0.15) is 5.10 Å².